The molecule has 0 aliphatic heterocycles. The lowest BCUT2D eigenvalue weighted by Gasteiger charge is -2.14. The third-order valence-electron chi connectivity index (χ3n) is 2.68. The standard InChI is InChI=1S/C14H14ClN/c1-10-6-8-11(9-7-10)14(16)12-4-2-3-5-13(12)15/h2-9,14H,16H2,1H3/t14-/m1/s1. The summed E-state index contributed by atoms with van der Waals surface area (Å²) in [4.78, 5) is 0. The van der Waals surface area contributed by atoms with Crippen molar-refractivity contribution in [3.8, 4) is 0 Å². The summed E-state index contributed by atoms with van der Waals surface area (Å²) in [6.45, 7) is 2.06. The van der Waals surface area contributed by atoms with Gasteiger partial charge in [0.2, 0.25) is 0 Å². The molecule has 0 saturated heterocycles. The quantitative estimate of drug-likeness (QED) is 0.838. The first-order valence-electron chi connectivity index (χ1n) is 5.25. The van der Waals surface area contributed by atoms with Crippen molar-refractivity contribution in [3.05, 3.63) is 70.2 Å². The average Bonchev–Trinajstić information content (AvgIpc) is 2.30. The van der Waals surface area contributed by atoms with Crippen molar-refractivity contribution >= 4 is 11.6 Å². The van der Waals surface area contributed by atoms with Crippen LogP contribution in [0.4, 0.5) is 0 Å². The van der Waals surface area contributed by atoms with E-state index in [1.165, 1.54) is 5.56 Å². The Hall–Kier alpha value is -1.31. The fourth-order valence-corrected chi connectivity index (χ4v) is 1.93. The van der Waals surface area contributed by atoms with E-state index in [4.69, 9.17) is 17.3 Å². The van der Waals surface area contributed by atoms with Crippen LogP contribution in [0, 0.1) is 6.92 Å². The molecule has 0 aliphatic carbocycles. The summed E-state index contributed by atoms with van der Waals surface area (Å²) in [5.41, 5.74) is 9.46. The summed E-state index contributed by atoms with van der Waals surface area (Å²) in [7, 11) is 0. The Morgan fingerprint density at radius 3 is 2.25 bits per heavy atom. The van der Waals surface area contributed by atoms with E-state index in [0.29, 0.717) is 0 Å². The van der Waals surface area contributed by atoms with Crippen LogP contribution >= 0.6 is 11.6 Å². The minimum Gasteiger partial charge on any atom is -0.320 e. The highest BCUT2D eigenvalue weighted by Crippen LogP contribution is 2.26. The molecule has 2 aromatic carbocycles. The van der Waals surface area contributed by atoms with Crippen LogP contribution in [0.2, 0.25) is 5.02 Å². The summed E-state index contributed by atoms with van der Waals surface area (Å²) in [5, 5.41) is 0.718. The van der Waals surface area contributed by atoms with Crippen molar-refractivity contribution in [2.24, 2.45) is 5.73 Å². The molecular weight excluding hydrogens is 218 g/mol. The maximum atomic E-state index is 6.18. The molecule has 0 radical (unpaired) electrons. The van der Waals surface area contributed by atoms with Gasteiger partial charge in [0.15, 0.2) is 0 Å². The van der Waals surface area contributed by atoms with E-state index >= 15 is 0 Å². The number of hydrogen-bond acceptors (Lipinski definition) is 1. The van der Waals surface area contributed by atoms with Gasteiger partial charge in [-0.25, -0.2) is 0 Å². The zero-order valence-corrected chi connectivity index (χ0v) is 9.91. The Balaban J connectivity index is 2.35. The van der Waals surface area contributed by atoms with E-state index in [-0.39, 0.29) is 6.04 Å². The molecule has 0 saturated carbocycles. The second-order valence-electron chi connectivity index (χ2n) is 3.91. The van der Waals surface area contributed by atoms with Crippen molar-refractivity contribution < 1.29 is 0 Å². The molecule has 16 heavy (non-hydrogen) atoms. The van der Waals surface area contributed by atoms with E-state index in [1.54, 1.807) is 0 Å². The minimum atomic E-state index is -0.158. The third-order valence-corrected chi connectivity index (χ3v) is 3.02. The van der Waals surface area contributed by atoms with Gasteiger partial charge in [-0.05, 0) is 24.1 Å². The van der Waals surface area contributed by atoms with Crippen LogP contribution in [0.15, 0.2) is 48.5 Å². The number of aryl methyl sites for hydroxylation is 1. The molecular formula is C14H14ClN. The fraction of sp³-hybridized carbons (Fsp3) is 0.143. The molecule has 0 spiro atoms. The van der Waals surface area contributed by atoms with Crippen molar-refractivity contribution in [3.63, 3.8) is 0 Å². The van der Waals surface area contributed by atoms with Crippen molar-refractivity contribution in [2.45, 2.75) is 13.0 Å². The summed E-state index contributed by atoms with van der Waals surface area (Å²) < 4.78 is 0. The van der Waals surface area contributed by atoms with Gasteiger partial charge in [0.1, 0.15) is 0 Å². The highest BCUT2D eigenvalue weighted by atomic mass is 35.5. The zero-order valence-electron chi connectivity index (χ0n) is 9.15. The van der Waals surface area contributed by atoms with Crippen LogP contribution in [0.25, 0.3) is 0 Å². The zero-order chi connectivity index (χ0) is 11.5. The molecule has 0 bridgehead atoms. The Morgan fingerprint density at radius 1 is 1.00 bits per heavy atom. The van der Waals surface area contributed by atoms with Crippen molar-refractivity contribution in [1.82, 2.24) is 0 Å². The number of benzene rings is 2. The first kappa shape index (κ1) is 11.2. The number of nitrogens with two attached hydrogens (primary N) is 1. The molecule has 0 heterocycles. The van der Waals surface area contributed by atoms with Crippen LogP contribution in [-0.4, -0.2) is 0 Å². The molecule has 1 nitrogen and oxygen atoms in total. The van der Waals surface area contributed by atoms with Crippen LogP contribution < -0.4 is 5.73 Å². The lowest BCUT2D eigenvalue weighted by molar-refractivity contribution is 0.871. The van der Waals surface area contributed by atoms with Gasteiger partial charge >= 0.3 is 0 Å². The number of halogens is 1. The number of rotatable bonds is 2. The molecule has 2 heteroatoms. The van der Waals surface area contributed by atoms with Crippen molar-refractivity contribution in [1.29, 1.82) is 0 Å². The van der Waals surface area contributed by atoms with E-state index < -0.39 is 0 Å². The highest BCUT2D eigenvalue weighted by Gasteiger charge is 2.11. The van der Waals surface area contributed by atoms with Gasteiger partial charge in [-0.3, -0.25) is 0 Å². The molecule has 1 atom stereocenters. The van der Waals surface area contributed by atoms with E-state index in [1.807, 2.05) is 36.4 Å². The van der Waals surface area contributed by atoms with Gasteiger partial charge in [0.05, 0.1) is 6.04 Å². The van der Waals surface area contributed by atoms with Crippen LogP contribution in [0.5, 0.6) is 0 Å². The predicted molar refractivity (Wildman–Crippen MR) is 68.7 cm³/mol. The second-order valence-corrected chi connectivity index (χ2v) is 4.32. The van der Waals surface area contributed by atoms with Gasteiger partial charge in [0, 0.05) is 5.02 Å². The van der Waals surface area contributed by atoms with Gasteiger partial charge in [-0.2, -0.15) is 0 Å². The molecule has 2 aromatic rings. The van der Waals surface area contributed by atoms with E-state index in [0.717, 1.165) is 16.1 Å². The molecule has 0 fully saturated rings. The molecule has 82 valence electrons. The second kappa shape index (κ2) is 4.69. The molecule has 0 unspecified atom stereocenters. The molecule has 0 aliphatic rings. The van der Waals surface area contributed by atoms with Crippen molar-refractivity contribution in [2.75, 3.05) is 0 Å². The fourth-order valence-electron chi connectivity index (χ4n) is 1.68. The Bertz CT molecular complexity index is 476. The minimum absolute atomic E-state index is 0.158. The molecule has 0 aromatic heterocycles. The van der Waals surface area contributed by atoms with Crippen LogP contribution in [0.1, 0.15) is 22.7 Å². The van der Waals surface area contributed by atoms with E-state index in [2.05, 4.69) is 19.1 Å². The highest BCUT2D eigenvalue weighted by molar-refractivity contribution is 6.31. The maximum absolute atomic E-state index is 6.18. The Labute approximate surface area is 101 Å². The average molecular weight is 232 g/mol. The summed E-state index contributed by atoms with van der Waals surface area (Å²) in [5.74, 6) is 0. The summed E-state index contributed by atoms with van der Waals surface area (Å²) in [6, 6.07) is 15.8. The maximum Gasteiger partial charge on any atom is 0.0566 e. The SMILES string of the molecule is Cc1ccc([C@@H](N)c2ccccc2Cl)cc1. The molecule has 2 rings (SSSR count). The molecule has 2 N–H and O–H groups in total. The first-order valence-corrected chi connectivity index (χ1v) is 5.63. The van der Waals surface area contributed by atoms with Gasteiger partial charge in [-0.1, -0.05) is 59.6 Å². The van der Waals surface area contributed by atoms with Crippen LogP contribution in [-0.2, 0) is 0 Å². The monoisotopic (exact) mass is 231 g/mol. The lowest BCUT2D eigenvalue weighted by Crippen LogP contribution is -2.12. The number of hydrogen-bond donors (Lipinski definition) is 1. The van der Waals surface area contributed by atoms with Gasteiger partial charge in [-0.15, -0.1) is 0 Å². The lowest BCUT2D eigenvalue weighted by atomic mass is 9.99. The summed E-state index contributed by atoms with van der Waals surface area (Å²) >= 11 is 6.12. The smallest absolute Gasteiger partial charge is 0.0566 e. The predicted octanol–water partition coefficient (Wildman–Crippen LogP) is 3.70. The van der Waals surface area contributed by atoms with Gasteiger partial charge in [0.25, 0.3) is 0 Å². The first-order chi connectivity index (χ1) is 7.68. The normalized spacial score (nSPS) is 12.4. The molecule has 0 amide bonds. The third kappa shape index (κ3) is 2.26. The van der Waals surface area contributed by atoms with Crippen LogP contribution in [0.3, 0.4) is 0 Å². The van der Waals surface area contributed by atoms with E-state index in [9.17, 15) is 0 Å². The largest absolute Gasteiger partial charge is 0.320 e. The summed E-state index contributed by atoms with van der Waals surface area (Å²) in [6.07, 6.45) is 0. The topological polar surface area (TPSA) is 26.0 Å². The Morgan fingerprint density at radius 2 is 1.62 bits per heavy atom. The Kier molecular flexibility index (Phi) is 3.28. The van der Waals surface area contributed by atoms with Gasteiger partial charge < -0.3 is 5.73 Å².